The number of nitrogens with zero attached hydrogens (tertiary/aromatic N) is 4. The van der Waals surface area contributed by atoms with Crippen LogP contribution in [0.1, 0.15) is 345 Å². The van der Waals surface area contributed by atoms with Gasteiger partial charge in [-0.15, -0.1) is 0 Å². The number of anilines is 1. The number of carbonyl (C=O) groups is 1. The number of carboxylic acid groups (broad SMARTS) is 1. The Morgan fingerprint density at radius 1 is 0.353 bits per heavy atom. The monoisotopic (exact) mass is 1560 g/mol. The number of unbranched alkanes of at least 4 members (excludes halogenated alkanes) is 36. The normalized spacial score (nSPS) is 11.5. The van der Waals surface area contributed by atoms with Crippen LogP contribution >= 0.6 is 0 Å². The van der Waals surface area contributed by atoms with Crippen LogP contribution in [0.4, 0.5) is 5.69 Å². The second-order valence-electron chi connectivity index (χ2n) is 32.2. The summed E-state index contributed by atoms with van der Waals surface area (Å²) in [5.74, 6) is 16.5. The fourth-order valence-corrected chi connectivity index (χ4v) is 15.6. The number of hydrogen-bond donors (Lipinski definition) is 3. The van der Waals surface area contributed by atoms with Crippen LogP contribution in [0.3, 0.4) is 0 Å². The lowest BCUT2D eigenvalue weighted by atomic mass is 10.0. The minimum atomic E-state index is -0.939. The third kappa shape index (κ3) is 30.1. The van der Waals surface area contributed by atoms with E-state index in [4.69, 9.17) is 28.9 Å². The summed E-state index contributed by atoms with van der Waals surface area (Å²) in [6.45, 7) is 12.1. The van der Waals surface area contributed by atoms with Gasteiger partial charge in [0.1, 0.15) is 23.0 Å². The standard InChI is InChI=1S/C104H134N6O6/c1-6-10-14-18-22-26-30-34-38-42-70-113-88-74-85(75-89(78-88)114-71-43-39-35-31-27-23-19-15-11-7-2)102-98-62-58-94(106-98)92(56-50-81-48-54-87(55-49-81)110(5)80-83-46-52-84(53-47-83)104(111)112)95-59-63-99(107-95)103(101-65-61-97(109-101)93(96-60-64-100(102)108-96)57-51-82-66-68-105-69-67-82)86-76-90(115-72-44-40-36-32-28-24-20-16-12-8-3)79-91(77-86)116-73-45-41-37-33-29-25-21-17-13-9-4/h46-49,52-55,58-69,74-79,106,109H,6-45,70-73,80H2,1-5H3,(H,111,112). The average molecular weight is 1560 g/mol. The number of aromatic nitrogens is 5. The summed E-state index contributed by atoms with van der Waals surface area (Å²) in [6.07, 6.45) is 61.9. The van der Waals surface area contributed by atoms with Gasteiger partial charge in [-0.1, -0.05) is 295 Å². The van der Waals surface area contributed by atoms with Crippen LogP contribution in [0.2, 0.25) is 0 Å². The largest absolute Gasteiger partial charge is 0.493 e. The van der Waals surface area contributed by atoms with Gasteiger partial charge in [0.25, 0.3) is 0 Å². The molecule has 2 aliphatic heterocycles. The molecule has 12 heteroatoms. The van der Waals surface area contributed by atoms with Crippen molar-refractivity contribution in [1.82, 2.24) is 24.9 Å². The molecule has 0 saturated carbocycles. The van der Waals surface area contributed by atoms with Gasteiger partial charge in [0.2, 0.25) is 0 Å². The van der Waals surface area contributed by atoms with Crippen molar-refractivity contribution < 1.29 is 28.8 Å². The van der Waals surface area contributed by atoms with Crippen molar-refractivity contribution in [2.24, 2.45) is 0 Å². The predicted molar refractivity (Wildman–Crippen MR) is 487 cm³/mol. The lowest BCUT2D eigenvalue weighted by Crippen LogP contribution is -2.16. The van der Waals surface area contributed by atoms with E-state index in [2.05, 4.69) is 180 Å². The molecule has 0 spiro atoms. The minimum Gasteiger partial charge on any atom is -0.493 e. The number of pyridine rings is 1. The third-order valence-electron chi connectivity index (χ3n) is 22.4. The van der Waals surface area contributed by atoms with Crippen LogP contribution in [0.15, 0.2) is 134 Å². The molecule has 0 aliphatic carbocycles. The molecule has 0 unspecified atom stereocenters. The molecule has 0 saturated heterocycles. The van der Waals surface area contributed by atoms with Gasteiger partial charge in [0.05, 0.1) is 76.9 Å². The molecular weight excluding hydrogens is 1430 g/mol. The number of H-pyrrole nitrogens is 2. The zero-order valence-electron chi connectivity index (χ0n) is 71.1. The number of ether oxygens (including phenoxy) is 4. The van der Waals surface area contributed by atoms with Crippen molar-refractivity contribution >= 4 is 58.0 Å². The third-order valence-corrected chi connectivity index (χ3v) is 22.4. The fourth-order valence-electron chi connectivity index (χ4n) is 15.6. The van der Waals surface area contributed by atoms with Gasteiger partial charge >= 0.3 is 5.97 Å². The summed E-state index contributed by atoms with van der Waals surface area (Å²) in [4.78, 5) is 37.4. The summed E-state index contributed by atoms with van der Waals surface area (Å²) < 4.78 is 27.3. The number of rotatable bonds is 54. The van der Waals surface area contributed by atoms with Gasteiger partial charge in [-0.25, -0.2) is 14.8 Å². The lowest BCUT2D eigenvalue weighted by molar-refractivity contribution is 0.0696. The maximum Gasteiger partial charge on any atom is 0.335 e. The summed E-state index contributed by atoms with van der Waals surface area (Å²) in [5.41, 5.74) is 15.1. The zero-order chi connectivity index (χ0) is 80.8. The molecular formula is C104H134N6O6. The zero-order valence-corrected chi connectivity index (χ0v) is 71.1. The molecule has 12 nitrogen and oxygen atoms in total. The van der Waals surface area contributed by atoms with Gasteiger partial charge in [-0.2, -0.15) is 0 Å². The highest BCUT2D eigenvalue weighted by Gasteiger charge is 2.21. The molecule has 0 amide bonds. The average Bonchev–Trinajstić information content (AvgIpc) is 1.61. The molecule has 0 atom stereocenters. The van der Waals surface area contributed by atoms with E-state index < -0.39 is 5.97 Å². The maximum absolute atomic E-state index is 11.7. The summed E-state index contributed by atoms with van der Waals surface area (Å²) >= 11 is 0. The predicted octanol–water partition coefficient (Wildman–Crippen LogP) is 28.7. The van der Waals surface area contributed by atoms with Crippen molar-refractivity contribution in [1.29, 1.82) is 0 Å². The van der Waals surface area contributed by atoms with Crippen molar-refractivity contribution in [3.63, 3.8) is 0 Å². The van der Waals surface area contributed by atoms with Crippen LogP contribution in [-0.4, -0.2) is 69.5 Å². The molecule has 8 bridgehead atoms. The second-order valence-corrected chi connectivity index (χ2v) is 32.2. The van der Waals surface area contributed by atoms with Gasteiger partial charge in [0.15, 0.2) is 0 Å². The number of benzene rings is 4. The highest BCUT2D eigenvalue weighted by molar-refractivity contribution is 5.96. The number of fused-ring (bicyclic) bond motifs is 8. The molecule has 2 aliphatic rings. The first-order valence-electron chi connectivity index (χ1n) is 45.2. The molecule has 0 radical (unpaired) electrons. The van der Waals surface area contributed by atoms with Crippen LogP contribution < -0.4 is 23.8 Å². The van der Waals surface area contributed by atoms with E-state index in [0.717, 1.165) is 158 Å². The van der Waals surface area contributed by atoms with Crippen LogP contribution in [-0.2, 0) is 6.54 Å². The van der Waals surface area contributed by atoms with Gasteiger partial charge in [0, 0.05) is 77.1 Å². The summed E-state index contributed by atoms with van der Waals surface area (Å²) in [7, 11) is 2.04. The lowest BCUT2D eigenvalue weighted by Gasteiger charge is -2.19. The van der Waals surface area contributed by atoms with Crippen molar-refractivity contribution in [3.8, 4) is 68.9 Å². The number of carboxylic acids is 1. The molecule has 116 heavy (non-hydrogen) atoms. The Balaban J connectivity index is 1.09. The van der Waals surface area contributed by atoms with E-state index in [0.29, 0.717) is 49.9 Å². The van der Waals surface area contributed by atoms with Gasteiger partial charge < -0.3 is 38.9 Å². The molecule has 3 N–H and O–H groups in total. The van der Waals surface area contributed by atoms with Crippen molar-refractivity contribution in [3.05, 3.63) is 190 Å². The Labute approximate surface area is 696 Å². The molecule has 8 aromatic rings. The molecule has 10 rings (SSSR count). The SMILES string of the molecule is CCCCCCCCCCCCOc1cc(OCCCCCCCCCCCC)cc(-c2c3nc(c(C#Cc4ccc(N(C)Cc5ccc(C(=O)O)cc5)cc4)c4ccc([nH]4)c(-c4cc(OCCCCCCCCCCCC)cc(OCCCCCCCCCCCC)c4)c4nc(c(C#Cc5ccncc5)c5ccc2[nH]5)C=C4)C=C3)c1. The quantitative estimate of drug-likeness (QED) is 0.0249. The number of hydrogen-bond acceptors (Lipinski definition) is 9. The van der Waals surface area contributed by atoms with Crippen LogP contribution in [0.5, 0.6) is 23.0 Å². The topological polar surface area (TPSA) is 148 Å². The first-order chi connectivity index (χ1) is 57.2. The van der Waals surface area contributed by atoms with E-state index in [1.54, 1.807) is 24.5 Å². The van der Waals surface area contributed by atoms with Crippen molar-refractivity contribution in [2.45, 2.75) is 291 Å². The Morgan fingerprint density at radius 2 is 0.664 bits per heavy atom. The van der Waals surface area contributed by atoms with E-state index >= 15 is 0 Å². The maximum atomic E-state index is 11.7. The van der Waals surface area contributed by atoms with E-state index in [1.807, 2.05) is 31.3 Å². The first-order valence-corrected chi connectivity index (χ1v) is 45.2. The summed E-state index contributed by atoms with van der Waals surface area (Å²) in [6, 6.07) is 40.5. The smallest absolute Gasteiger partial charge is 0.335 e. The number of aromatic carboxylic acids is 1. The van der Waals surface area contributed by atoms with Gasteiger partial charge in [-0.3, -0.25) is 4.98 Å². The highest BCUT2D eigenvalue weighted by atomic mass is 16.5. The Hall–Kier alpha value is -9.78. The minimum absolute atomic E-state index is 0.267. The Morgan fingerprint density at radius 3 is 1.00 bits per heavy atom. The molecule has 0 fully saturated rings. The van der Waals surface area contributed by atoms with E-state index in [1.165, 1.54) is 205 Å². The molecule has 616 valence electrons. The van der Waals surface area contributed by atoms with E-state index in [-0.39, 0.29) is 5.56 Å². The highest BCUT2D eigenvalue weighted by Crippen LogP contribution is 2.40. The number of nitrogens with one attached hydrogen (secondary N) is 2. The van der Waals surface area contributed by atoms with Crippen LogP contribution in [0, 0.1) is 23.7 Å². The van der Waals surface area contributed by atoms with Crippen molar-refractivity contribution in [2.75, 3.05) is 38.4 Å². The fraction of sp³-hybridized carbons (Fsp3) is 0.481. The summed E-state index contributed by atoms with van der Waals surface area (Å²) in [5, 5.41) is 9.57. The Bertz CT molecular complexity index is 4440. The van der Waals surface area contributed by atoms with Crippen LogP contribution in [0.25, 0.3) is 68.6 Å². The molecule has 6 heterocycles. The molecule has 4 aromatic carbocycles. The van der Waals surface area contributed by atoms with Gasteiger partial charge in [-0.05, 0) is 164 Å². The Kier molecular flexibility index (Phi) is 39.2. The van der Waals surface area contributed by atoms with E-state index in [9.17, 15) is 9.90 Å². The first kappa shape index (κ1) is 88.6. The molecule has 4 aromatic heterocycles. The second kappa shape index (κ2) is 51.3. The number of aromatic amines is 2.